The van der Waals surface area contributed by atoms with Crippen molar-refractivity contribution >= 4 is 45.6 Å². The molecular weight excluding hydrogens is 404 g/mol. The van der Waals surface area contributed by atoms with Crippen molar-refractivity contribution in [3.05, 3.63) is 33.9 Å². The molecule has 1 unspecified atom stereocenters. The topological polar surface area (TPSA) is 82.3 Å². The van der Waals surface area contributed by atoms with E-state index >= 15 is 0 Å². The van der Waals surface area contributed by atoms with Crippen LogP contribution in [0.5, 0.6) is 0 Å². The van der Waals surface area contributed by atoms with E-state index in [0.717, 1.165) is 0 Å². The number of amidine groups is 1. The highest BCUT2D eigenvalue weighted by Gasteiger charge is 2.45. The van der Waals surface area contributed by atoms with Crippen LogP contribution in [-0.4, -0.2) is 34.7 Å². The van der Waals surface area contributed by atoms with E-state index in [1.54, 1.807) is 0 Å². The molecule has 0 radical (unpaired) electrons. The number of rotatable bonds is 4. The predicted octanol–water partition coefficient (Wildman–Crippen LogP) is 3.23. The van der Waals surface area contributed by atoms with E-state index < -0.39 is 23.9 Å². The maximum absolute atomic E-state index is 12.9. The van der Waals surface area contributed by atoms with Gasteiger partial charge >= 0.3 is 0 Å². The van der Waals surface area contributed by atoms with Crippen LogP contribution in [0, 0.1) is 15.5 Å². The molecule has 1 aromatic rings. The smallest absolute Gasteiger partial charge is 0.282 e. The lowest BCUT2D eigenvalue weighted by Crippen LogP contribution is -2.58. The molecule has 1 saturated heterocycles. The van der Waals surface area contributed by atoms with Crippen LogP contribution >= 0.6 is 28.4 Å². The third-order valence-electron chi connectivity index (χ3n) is 2.81. The summed E-state index contributed by atoms with van der Waals surface area (Å²) in [5.41, 5.74) is 0.627. The molecule has 108 valence electrons. The summed E-state index contributed by atoms with van der Waals surface area (Å²) in [4.78, 5) is 11.4. The summed E-state index contributed by atoms with van der Waals surface area (Å²) in [5, 5.41) is 21.7. The first kappa shape index (κ1) is 15.3. The average molecular weight is 414 g/mol. The zero-order valence-corrected chi connectivity index (χ0v) is 13.1. The molecule has 10 heteroatoms. The Morgan fingerprint density at radius 2 is 2.20 bits per heavy atom. The number of likely N-dealkylation sites (tertiary alicyclic amines) is 1. The lowest BCUT2D eigenvalue weighted by atomic mass is 10.1. The molecule has 6 nitrogen and oxygen atoms in total. The molecule has 1 aromatic carbocycles. The number of anilines is 1. The van der Waals surface area contributed by atoms with Crippen LogP contribution in [-0.2, 0) is 0 Å². The van der Waals surface area contributed by atoms with Crippen LogP contribution in [0.1, 0.15) is 5.56 Å². The van der Waals surface area contributed by atoms with Crippen molar-refractivity contribution < 1.29 is 13.7 Å². The van der Waals surface area contributed by atoms with E-state index in [4.69, 9.17) is 5.41 Å². The van der Waals surface area contributed by atoms with Crippen molar-refractivity contribution in [1.82, 2.24) is 4.90 Å². The number of benzene rings is 1. The van der Waals surface area contributed by atoms with Gasteiger partial charge in [0, 0.05) is 29.8 Å². The van der Waals surface area contributed by atoms with Gasteiger partial charge in [-0.1, -0.05) is 0 Å². The van der Waals surface area contributed by atoms with Gasteiger partial charge < -0.3 is 9.99 Å². The Balaban J connectivity index is 2.30. The average Bonchev–Trinajstić information content (AvgIpc) is 2.35. The van der Waals surface area contributed by atoms with Gasteiger partial charge in [-0.3, -0.25) is 15.5 Å². The van der Waals surface area contributed by atoms with E-state index in [2.05, 4.69) is 27.1 Å². The second kappa shape index (κ2) is 5.72. The van der Waals surface area contributed by atoms with Gasteiger partial charge in [0.1, 0.15) is 5.84 Å². The highest BCUT2D eigenvalue weighted by molar-refractivity contribution is 14.2. The number of nitrogens with one attached hydrogen (secondary N) is 2. The minimum atomic E-state index is -2.79. The van der Waals surface area contributed by atoms with Crippen molar-refractivity contribution in [2.45, 2.75) is 5.92 Å². The molecule has 20 heavy (non-hydrogen) atoms. The van der Waals surface area contributed by atoms with Gasteiger partial charge in [0.2, 0.25) is 0 Å². The van der Waals surface area contributed by atoms with Crippen LogP contribution in [0.2, 0.25) is 0 Å². The summed E-state index contributed by atoms with van der Waals surface area (Å²) in [7, 11) is 0. The quantitative estimate of drug-likeness (QED) is 0.198. The van der Waals surface area contributed by atoms with E-state index in [9.17, 15) is 18.9 Å². The van der Waals surface area contributed by atoms with Crippen molar-refractivity contribution in [2.24, 2.45) is 0 Å². The Bertz CT molecular complexity index is 564. The van der Waals surface area contributed by atoms with Crippen LogP contribution < -0.4 is 5.09 Å². The number of nitro groups is 1. The van der Waals surface area contributed by atoms with Crippen molar-refractivity contribution in [3.8, 4) is 0 Å². The first-order valence-corrected chi connectivity index (χ1v) is 9.57. The Morgan fingerprint density at radius 1 is 1.55 bits per heavy atom. The highest BCUT2D eigenvalue weighted by atomic mass is 127. The summed E-state index contributed by atoms with van der Waals surface area (Å²) < 4.78 is 25.7. The van der Waals surface area contributed by atoms with E-state index in [0.29, 0.717) is 12.1 Å². The number of alkyl halides is 2. The number of nitro benzene ring substituents is 1. The molecular formula is C10H10F2IN4O2P. The molecule has 0 amide bonds. The third-order valence-corrected chi connectivity index (χ3v) is 3.98. The first-order valence-electron chi connectivity index (χ1n) is 5.46. The molecule has 1 atom stereocenters. The molecule has 1 aliphatic heterocycles. The monoisotopic (exact) mass is 414 g/mol. The van der Waals surface area contributed by atoms with Gasteiger partial charge in [0.05, 0.1) is 18.0 Å². The first-order chi connectivity index (χ1) is 9.34. The van der Waals surface area contributed by atoms with Crippen molar-refractivity contribution in [2.75, 3.05) is 18.2 Å². The standard InChI is InChI=1S/C10H10F2IN4O2P/c11-10(12)4-16(5-10)9(14)7-3-6(17(18)19)1-2-8(7)15-20-13/h1-3,14-15,20H,4-5H2. The second-order valence-electron chi connectivity index (χ2n) is 4.27. The zero-order chi connectivity index (χ0) is 14.9. The molecule has 0 spiro atoms. The molecule has 0 saturated carbocycles. The number of hydrogen-bond acceptors (Lipinski definition) is 4. The molecule has 2 N–H and O–H groups in total. The van der Waals surface area contributed by atoms with E-state index in [1.165, 1.54) is 23.1 Å². The SMILES string of the molecule is N=C(c1cc([N+](=O)[O-])ccc1NPI)N1CC(F)(F)C1. The van der Waals surface area contributed by atoms with Crippen LogP contribution in [0.3, 0.4) is 0 Å². The Labute approximate surface area is 127 Å². The van der Waals surface area contributed by atoms with Crippen LogP contribution in [0.4, 0.5) is 20.2 Å². The Morgan fingerprint density at radius 3 is 2.70 bits per heavy atom. The van der Waals surface area contributed by atoms with Crippen LogP contribution in [0.25, 0.3) is 0 Å². The maximum atomic E-state index is 12.9. The Hall–Kier alpha value is -1.09. The summed E-state index contributed by atoms with van der Waals surface area (Å²) in [6, 6.07) is 4.05. The third kappa shape index (κ3) is 3.14. The number of non-ortho nitro benzene ring substituents is 1. The van der Waals surface area contributed by atoms with Gasteiger partial charge in [0.25, 0.3) is 11.6 Å². The minimum absolute atomic E-state index is 0.128. The summed E-state index contributed by atoms with van der Waals surface area (Å²) in [5.74, 6) is -2.91. The number of hydrogen-bond donors (Lipinski definition) is 2. The van der Waals surface area contributed by atoms with Gasteiger partial charge in [-0.05, 0) is 28.1 Å². The van der Waals surface area contributed by atoms with E-state index in [-0.39, 0.29) is 17.1 Å². The minimum Gasteiger partial charge on any atom is -0.358 e. The number of halogens is 3. The molecule has 2 rings (SSSR count). The predicted molar refractivity (Wildman–Crippen MR) is 82.4 cm³/mol. The number of nitrogens with zero attached hydrogens (tertiary/aromatic N) is 2. The lowest BCUT2D eigenvalue weighted by Gasteiger charge is -2.40. The molecule has 1 aliphatic rings. The largest absolute Gasteiger partial charge is 0.358 e. The summed E-state index contributed by atoms with van der Waals surface area (Å²) in [6.07, 6.45) is 0.303. The molecule has 0 bridgehead atoms. The molecule has 0 aliphatic carbocycles. The second-order valence-corrected chi connectivity index (χ2v) is 6.32. The lowest BCUT2D eigenvalue weighted by molar-refractivity contribution is -0.384. The van der Waals surface area contributed by atoms with Gasteiger partial charge in [-0.2, -0.15) is 0 Å². The van der Waals surface area contributed by atoms with Gasteiger partial charge in [-0.15, -0.1) is 0 Å². The molecule has 1 fully saturated rings. The maximum Gasteiger partial charge on any atom is 0.282 e. The van der Waals surface area contributed by atoms with Gasteiger partial charge in [-0.25, -0.2) is 8.78 Å². The molecule has 1 heterocycles. The summed E-state index contributed by atoms with van der Waals surface area (Å²) >= 11 is 2.08. The fourth-order valence-electron chi connectivity index (χ4n) is 1.84. The van der Waals surface area contributed by atoms with Crippen molar-refractivity contribution in [1.29, 1.82) is 5.41 Å². The van der Waals surface area contributed by atoms with Crippen LogP contribution in [0.15, 0.2) is 18.2 Å². The van der Waals surface area contributed by atoms with Gasteiger partial charge in [0.15, 0.2) is 0 Å². The molecule has 0 aromatic heterocycles. The highest BCUT2D eigenvalue weighted by Crippen LogP contribution is 2.33. The fourth-order valence-corrected chi connectivity index (χ4v) is 3.03. The summed E-state index contributed by atoms with van der Waals surface area (Å²) in [6.45, 7) is -1.05. The fraction of sp³-hybridized carbons (Fsp3) is 0.300. The van der Waals surface area contributed by atoms with E-state index in [1.807, 2.05) is 0 Å². The Kier molecular flexibility index (Phi) is 4.38. The normalized spacial score (nSPS) is 17.1. The van der Waals surface area contributed by atoms with Crippen molar-refractivity contribution in [3.63, 3.8) is 0 Å². The zero-order valence-electron chi connectivity index (χ0n) is 9.99.